The molecule has 0 radical (unpaired) electrons. The maximum absolute atomic E-state index is 11.0. The number of rotatable bonds is 1. The zero-order valence-electron chi connectivity index (χ0n) is 11.5. The van der Waals surface area contributed by atoms with E-state index in [1.165, 1.54) is 0 Å². The first-order chi connectivity index (χ1) is 8.31. The molecule has 18 heavy (non-hydrogen) atoms. The van der Waals surface area contributed by atoms with Gasteiger partial charge in [0.15, 0.2) is 0 Å². The molecule has 0 saturated heterocycles. The van der Waals surface area contributed by atoms with E-state index in [2.05, 4.69) is 36.7 Å². The van der Waals surface area contributed by atoms with Crippen LogP contribution in [0.5, 0.6) is 0 Å². The van der Waals surface area contributed by atoms with Gasteiger partial charge in [-0.15, -0.1) is 0 Å². The van der Waals surface area contributed by atoms with E-state index in [0.29, 0.717) is 10.7 Å². The lowest BCUT2D eigenvalue weighted by molar-refractivity contribution is -0.0395. The topological polar surface area (TPSA) is 20.2 Å². The molecule has 2 heteroatoms. The van der Waals surface area contributed by atoms with Crippen molar-refractivity contribution >= 4 is 15.9 Å². The van der Waals surface area contributed by atoms with Crippen LogP contribution in [0.4, 0.5) is 0 Å². The Labute approximate surface area is 119 Å². The first kappa shape index (κ1) is 14.1. The van der Waals surface area contributed by atoms with Crippen LogP contribution in [0, 0.1) is 11.3 Å². The molecule has 1 aliphatic carbocycles. The van der Waals surface area contributed by atoms with Crippen LogP contribution in [0.25, 0.3) is 0 Å². The van der Waals surface area contributed by atoms with E-state index < -0.39 is 5.60 Å². The van der Waals surface area contributed by atoms with Gasteiger partial charge in [0.2, 0.25) is 0 Å². The first-order valence-electron chi connectivity index (χ1n) is 6.73. The molecule has 3 unspecified atom stereocenters. The van der Waals surface area contributed by atoms with E-state index in [9.17, 15) is 5.11 Å². The number of halogens is 1. The zero-order valence-corrected chi connectivity index (χ0v) is 13.1. The smallest absolute Gasteiger partial charge is 0.0910 e. The molecule has 1 aromatic rings. The third-order valence-corrected chi connectivity index (χ3v) is 4.92. The summed E-state index contributed by atoms with van der Waals surface area (Å²) in [5.74, 6) is 0.542. The minimum atomic E-state index is -0.675. The van der Waals surface area contributed by atoms with Crippen molar-refractivity contribution in [2.24, 2.45) is 11.3 Å². The minimum absolute atomic E-state index is 0.245. The van der Waals surface area contributed by atoms with Gasteiger partial charge in [0.25, 0.3) is 0 Å². The number of benzene rings is 1. The van der Waals surface area contributed by atoms with Gasteiger partial charge >= 0.3 is 0 Å². The van der Waals surface area contributed by atoms with Crippen LogP contribution in [0.3, 0.4) is 0 Å². The van der Waals surface area contributed by atoms with Crippen LogP contribution < -0.4 is 0 Å². The van der Waals surface area contributed by atoms with Crippen molar-refractivity contribution in [3.8, 4) is 0 Å². The van der Waals surface area contributed by atoms with Gasteiger partial charge in [-0.2, -0.15) is 0 Å². The monoisotopic (exact) mass is 310 g/mol. The Bertz CT molecular complexity index is 395. The average Bonchev–Trinajstić information content (AvgIpc) is 2.28. The lowest BCUT2D eigenvalue weighted by Crippen LogP contribution is -2.41. The summed E-state index contributed by atoms with van der Waals surface area (Å²) in [7, 11) is 0. The number of hydrogen-bond donors (Lipinski definition) is 1. The summed E-state index contributed by atoms with van der Waals surface area (Å²) < 4.78 is 0. The lowest BCUT2D eigenvalue weighted by atomic mass is 9.66. The van der Waals surface area contributed by atoms with Gasteiger partial charge in [0, 0.05) is 4.83 Å². The Balaban J connectivity index is 2.28. The van der Waals surface area contributed by atoms with Crippen LogP contribution in [0.1, 0.15) is 45.6 Å². The Kier molecular flexibility index (Phi) is 3.89. The van der Waals surface area contributed by atoms with Crippen LogP contribution in [0.15, 0.2) is 30.3 Å². The van der Waals surface area contributed by atoms with Gasteiger partial charge in [-0.25, -0.2) is 0 Å². The van der Waals surface area contributed by atoms with Crippen molar-refractivity contribution in [3.63, 3.8) is 0 Å². The van der Waals surface area contributed by atoms with E-state index in [0.717, 1.165) is 24.8 Å². The van der Waals surface area contributed by atoms with E-state index in [4.69, 9.17) is 0 Å². The molecular weight excluding hydrogens is 288 g/mol. The molecule has 100 valence electrons. The van der Waals surface area contributed by atoms with Crippen molar-refractivity contribution in [1.29, 1.82) is 0 Å². The second kappa shape index (κ2) is 4.97. The maximum atomic E-state index is 11.0. The van der Waals surface area contributed by atoms with Crippen molar-refractivity contribution in [2.45, 2.75) is 50.5 Å². The standard InChI is InChI=1S/C16H23BrO/c1-15(2,3)13-9-14(17)11-16(18,10-13)12-7-5-4-6-8-12/h4-8,13-14,18H,9-11H2,1-3H3. The van der Waals surface area contributed by atoms with Gasteiger partial charge in [-0.05, 0) is 36.2 Å². The van der Waals surface area contributed by atoms with Crippen LogP contribution in [-0.4, -0.2) is 9.93 Å². The number of aliphatic hydroxyl groups is 1. The Morgan fingerprint density at radius 2 is 1.78 bits per heavy atom. The molecule has 3 atom stereocenters. The van der Waals surface area contributed by atoms with Gasteiger partial charge in [-0.1, -0.05) is 67.0 Å². The quantitative estimate of drug-likeness (QED) is 0.758. The van der Waals surface area contributed by atoms with E-state index in [1.807, 2.05) is 30.3 Å². The molecule has 0 aliphatic heterocycles. The molecule has 0 aromatic heterocycles. The number of hydrogen-bond acceptors (Lipinski definition) is 1. The SMILES string of the molecule is CC(C)(C)C1CC(Br)CC(O)(c2ccccc2)C1. The van der Waals surface area contributed by atoms with E-state index in [1.54, 1.807) is 0 Å². The minimum Gasteiger partial charge on any atom is -0.385 e. The first-order valence-corrected chi connectivity index (χ1v) is 7.65. The highest BCUT2D eigenvalue weighted by atomic mass is 79.9. The summed E-state index contributed by atoms with van der Waals surface area (Å²) in [5, 5.41) is 11.0. The molecule has 2 rings (SSSR count). The largest absolute Gasteiger partial charge is 0.385 e. The fourth-order valence-corrected chi connectivity index (χ4v) is 3.96. The third kappa shape index (κ3) is 2.97. The lowest BCUT2D eigenvalue weighted by Gasteiger charge is -2.44. The van der Waals surface area contributed by atoms with E-state index >= 15 is 0 Å². The molecule has 1 fully saturated rings. The average molecular weight is 311 g/mol. The maximum Gasteiger partial charge on any atom is 0.0910 e. The molecule has 1 N–H and O–H groups in total. The fraction of sp³-hybridized carbons (Fsp3) is 0.625. The molecule has 0 heterocycles. The summed E-state index contributed by atoms with van der Waals surface area (Å²) in [6.07, 6.45) is 2.82. The Morgan fingerprint density at radius 1 is 1.17 bits per heavy atom. The highest BCUT2D eigenvalue weighted by molar-refractivity contribution is 9.09. The summed E-state index contributed by atoms with van der Waals surface area (Å²) in [6.45, 7) is 6.82. The van der Waals surface area contributed by atoms with Crippen LogP contribution >= 0.6 is 15.9 Å². The van der Waals surface area contributed by atoms with Crippen LogP contribution in [-0.2, 0) is 5.60 Å². The second-order valence-electron chi connectivity index (χ2n) is 6.70. The molecule has 0 spiro atoms. The summed E-state index contributed by atoms with van der Waals surface area (Å²) in [6, 6.07) is 10.1. The van der Waals surface area contributed by atoms with Gasteiger partial charge in [0.1, 0.15) is 0 Å². The van der Waals surface area contributed by atoms with Crippen molar-refractivity contribution in [2.75, 3.05) is 0 Å². The summed E-state index contributed by atoms with van der Waals surface area (Å²) in [4.78, 5) is 0.403. The van der Waals surface area contributed by atoms with Crippen molar-refractivity contribution in [1.82, 2.24) is 0 Å². The summed E-state index contributed by atoms with van der Waals surface area (Å²) >= 11 is 3.73. The van der Waals surface area contributed by atoms with E-state index in [-0.39, 0.29) is 5.41 Å². The zero-order chi connectivity index (χ0) is 13.4. The predicted octanol–water partition coefficient (Wildman–Crippen LogP) is 4.48. The molecule has 1 nitrogen and oxygen atoms in total. The Hall–Kier alpha value is -0.340. The molecule has 1 saturated carbocycles. The highest BCUT2D eigenvalue weighted by Crippen LogP contribution is 2.48. The van der Waals surface area contributed by atoms with Crippen molar-refractivity contribution in [3.05, 3.63) is 35.9 Å². The Morgan fingerprint density at radius 3 is 2.33 bits per heavy atom. The normalized spacial score (nSPS) is 33.4. The van der Waals surface area contributed by atoms with Gasteiger partial charge in [-0.3, -0.25) is 0 Å². The van der Waals surface area contributed by atoms with Gasteiger partial charge < -0.3 is 5.11 Å². The predicted molar refractivity (Wildman–Crippen MR) is 79.8 cm³/mol. The third-order valence-electron chi connectivity index (χ3n) is 4.22. The van der Waals surface area contributed by atoms with Crippen LogP contribution in [0.2, 0.25) is 0 Å². The second-order valence-corrected chi connectivity index (χ2v) is 8.00. The number of alkyl halides is 1. The van der Waals surface area contributed by atoms with Gasteiger partial charge in [0.05, 0.1) is 5.60 Å². The molecule has 0 amide bonds. The molecule has 1 aliphatic rings. The molecule has 1 aromatic carbocycles. The molecular formula is C16H23BrO. The fourth-order valence-electron chi connectivity index (χ4n) is 2.98. The summed E-state index contributed by atoms with van der Waals surface area (Å²) in [5.41, 5.74) is 0.629. The highest BCUT2D eigenvalue weighted by Gasteiger charge is 2.43. The molecule has 0 bridgehead atoms. The van der Waals surface area contributed by atoms with Crippen molar-refractivity contribution < 1.29 is 5.11 Å².